The molecule has 2 unspecified atom stereocenters. The summed E-state index contributed by atoms with van der Waals surface area (Å²) >= 11 is 16.5. The molecular weight excluding hydrogens is 806 g/mol. The molecule has 3 aromatic heterocycles. The number of aromatic nitrogens is 4. The summed E-state index contributed by atoms with van der Waals surface area (Å²) in [5, 5.41) is 14.8. The smallest absolute Gasteiger partial charge is 0.376 e. The van der Waals surface area contributed by atoms with Crippen LogP contribution in [0.3, 0.4) is 0 Å². The summed E-state index contributed by atoms with van der Waals surface area (Å²) in [7, 11) is -0.404. The van der Waals surface area contributed by atoms with Gasteiger partial charge in [0.2, 0.25) is 0 Å². The van der Waals surface area contributed by atoms with Gasteiger partial charge in [-0.3, -0.25) is 19.8 Å². The lowest BCUT2D eigenvalue weighted by Gasteiger charge is -2.40. The fourth-order valence-electron chi connectivity index (χ4n) is 8.49. The predicted octanol–water partition coefficient (Wildman–Crippen LogP) is 8.18. The van der Waals surface area contributed by atoms with Crippen molar-refractivity contribution in [3.05, 3.63) is 146 Å². The average molecular weight is 855 g/mol. The van der Waals surface area contributed by atoms with Crippen molar-refractivity contribution < 1.29 is 6.45 Å². The first-order valence-electron chi connectivity index (χ1n) is 19.4. The lowest BCUT2D eigenvalue weighted by Crippen LogP contribution is -2.52. The summed E-state index contributed by atoms with van der Waals surface area (Å²) in [6.07, 6.45) is 13.0. The highest BCUT2D eigenvalue weighted by atomic mass is 79.9. The number of halogens is 3. The van der Waals surface area contributed by atoms with Crippen LogP contribution in [0.25, 0.3) is 22.2 Å². The first-order chi connectivity index (χ1) is 27.2. The van der Waals surface area contributed by atoms with E-state index in [2.05, 4.69) is 87.9 Å². The van der Waals surface area contributed by atoms with Crippen molar-refractivity contribution in [1.82, 2.24) is 39.4 Å². The van der Waals surface area contributed by atoms with Gasteiger partial charge in [-0.05, 0) is 108 Å². The van der Waals surface area contributed by atoms with Crippen molar-refractivity contribution in [2.45, 2.75) is 38.8 Å². The SMILES string of the molecule is CB(O)N1CCN(C2c3ccc(Cl)cc3C(Br)=Cc3cccnc32)CC1.Cc1nccn1CCC1=Cc2cccnc2C(N2CCNCC2)c2ccc(Cl)cc21.[HH]. The molecule has 2 saturated heterocycles. The number of aryl methyl sites for hydroxylation is 2. The van der Waals surface area contributed by atoms with Gasteiger partial charge in [0.05, 0.1) is 23.5 Å². The van der Waals surface area contributed by atoms with Gasteiger partial charge in [0.1, 0.15) is 5.82 Å². The van der Waals surface area contributed by atoms with Crippen LogP contribution in [-0.2, 0) is 6.54 Å². The molecule has 4 aliphatic rings. The fraction of sp³-hybridized carbons (Fsp3) is 0.326. The molecule has 56 heavy (non-hydrogen) atoms. The zero-order valence-corrected chi connectivity index (χ0v) is 34.9. The third kappa shape index (κ3) is 8.33. The van der Waals surface area contributed by atoms with Crippen LogP contribution in [0.15, 0.2) is 85.5 Å². The van der Waals surface area contributed by atoms with E-state index in [1.165, 1.54) is 27.8 Å². The second kappa shape index (κ2) is 17.5. The number of nitrogens with one attached hydrogen (secondary N) is 1. The first kappa shape index (κ1) is 39.2. The number of allylic oxidation sites excluding steroid dienone is 1. The zero-order chi connectivity index (χ0) is 38.8. The number of rotatable bonds is 6. The Labute approximate surface area is 349 Å². The standard InChI is InChI=1S/C24H26ClN5.C19H20BBrClN3O.H2/c1-17-27-10-14-29(17)11-6-18-15-19-3-2-7-28-23(19)24(30-12-8-26-9-13-30)21-5-4-20(25)16-22(18)21;1-20(26)25-9-7-24(8-10-25)19-15-5-4-14(22)12-16(15)17(21)11-13-3-2-6-23-18(13)19;/h2-5,7,10,14-16,24,26H,6,8-9,11-13H2,1H3;2-6,11-12,19,26H,7-10H2,1H3;1H. The van der Waals surface area contributed by atoms with Gasteiger partial charge < -0.3 is 19.7 Å². The van der Waals surface area contributed by atoms with E-state index in [9.17, 15) is 5.02 Å². The van der Waals surface area contributed by atoms with E-state index < -0.39 is 7.05 Å². The molecule has 2 N–H and O–H groups in total. The monoisotopic (exact) mass is 852 g/mol. The highest BCUT2D eigenvalue weighted by Gasteiger charge is 2.34. The average Bonchev–Trinajstić information content (AvgIpc) is 3.51. The van der Waals surface area contributed by atoms with Gasteiger partial charge >= 0.3 is 7.05 Å². The van der Waals surface area contributed by atoms with Crippen molar-refractivity contribution in [1.29, 1.82) is 0 Å². The van der Waals surface area contributed by atoms with Crippen LogP contribution in [-0.4, -0.2) is 98.6 Å². The number of nitrogens with zero attached hydrogens (tertiary/aromatic N) is 7. The molecule has 2 fully saturated rings. The van der Waals surface area contributed by atoms with Gasteiger partial charge in [-0.1, -0.05) is 63.4 Å². The van der Waals surface area contributed by atoms with Gasteiger partial charge in [-0.2, -0.15) is 0 Å². The quantitative estimate of drug-likeness (QED) is 0.166. The normalized spacial score (nSPS) is 19.8. The number of imidazole rings is 1. The molecule has 0 bridgehead atoms. The minimum absolute atomic E-state index is 0. The second-order valence-corrected chi connectivity index (χ2v) is 16.5. The van der Waals surface area contributed by atoms with Crippen molar-refractivity contribution in [2.75, 3.05) is 52.4 Å². The largest absolute Gasteiger partial charge is 0.437 e. The van der Waals surface area contributed by atoms with E-state index in [-0.39, 0.29) is 13.5 Å². The molecule has 2 aliphatic carbocycles. The van der Waals surface area contributed by atoms with Crippen LogP contribution < -0.4 is 5.32 Å². The van der Waals surface area contributed by atoms with Crippen LogP contribution in [0, 0.1) is 6.92 Å². The number of pyridine rings is 2. The molecule has 2 aliphatic heterocycles. The van der Waals surface area contributed by atoms with Crippen LogP contribution in [0.5, 0.6) is 0 Å². The third-order valence-corrected chi connectivity index (χ3v) is 12.5. The first-order valence-corrected chi connectivity index (χ1v) is 21.0. The molecule has 0 amide bonds. The Morgan fingerprint density at radius 1 is 0.786 bits per heavy atom. The molecule has 2 aromatic carbocycles. The van der Waals surface area contributed by atoms with Crippen LogP contribution in [0.2, 0.25) is 16.9 Å². The number of piperazine rings is 2. The summed E-state index contributed by atoms with van der Waals surface area (Å²) < 4.78 is 3.22. The second-order valence-electron chi connectivity index (χ2n) is 14.8. The van der Waals surface area contributed by atoms with Gasteiger partial charge in [0.25, 0.3) is 0 Å². The van der Waals surface area contributed by atoms with Crippen LogP contribution >= 0.6 is 39.1 Å². The van der Waals surface area contributed by atoms with Crippen molar-refractivity contribution in [2.24, 2.45) is 0 Å². The minimum Gasteiger partial charge on any atom is -0.437 e. The van der Waals surface area contributed by atoms with Crippen molar-refractivity contribution >= 4 is 68.4 Å². The van der Waals surface area contributed by atoms with Crippen LogP contribution in [0.4, 0.5) is 0 Å². The summed E-state index contributed by atoms with van der Waals surface area (Å²) in [5.74, 6) is 1.04. The maximum absolute atomic E-state index is 9.87. The molecule has 13 heteroatoms. The molecule has 9 nitrogen and oxygen atoms in total. The van der Waals surface area contributed by atoms with E-state index in [0.29, 0.717) is 0 Å². The van der Waals surface area contributed by atoms with Crippen molar-refractivity contribution in [3.63, 3.8) is 0 Å². The fourth-order valence-corrected chi connectivity index (χ4v) is 9.42. The highest BCUT2D eigenvalue weighted by molar-refractivity contribution is 9.15. The molecule has 5 heterocycles. The summed E-state index contributed by atoms with van der Waals surface area (Å²) in [6, 6.07) is 20.9. The number of hydrogen-bond acceptors (Lipinski definition) is 8. The Morgan fingerprint density at radius 2 is 1.38 bits per heavy atom. The number of benzene rings is 2. The van der Waals surface area contributed by atoms with Gasteiger partial charge in [-0.15, -0.1) is 0 Å². The Bertz CT molecular complexity index is 2260. The molecule has 5 aromatic rings. The van der Waals surface area contributed by atoms with Gasteiger partial charge in [0.15, 0.2) is 0 Å². The number of fused-ring (bicyclic) bond motifs is 4. The predicted molar refractivity (Wildman–Crippen MR) is 235 cm³/mol. The maximum Gasteiger partial charge on any atom is 0.376 e. The summed E-state index contributed by atoms with van der Waals surface area (Å²) in [5.41, 5.74) is 10.7. The lowest BCUT2D eigenvalue weighted by molar-refractivity contribution is 0.144. The number of hydrogen-bond donors (Lipinski definition) is 2. The van der Waals surface area contributed by atoms with E-state index in [4.69, 9.17) is 33.2 Å². The Morgan fingerprint density at radius 3 is 1.98 bits per heavy atom. The van der Waals surface area contributed by atoms with E-state index in [1.807, 2.05) is 68.9 Å². The topological polar surface area (TPSA) is 85.6 Å². The van der Waals surface area contributed by atoms with E-state index in [0.717, 1.165) is 108 Å². The van der Waals surface area contributed by atoms with E-state index in [1.54, 1.807) is 0 Å². The zero-order valence-electron chi connectivity index (χ0n) is 31.8. The molecule has 0 saturated carbocycles. The maximum atomic E-state index is 9.87. The molecule has 290 valence electrons. The minimum atomic E-state index is -0.404. The highest BCUT2D eigenvalue weighted by Crippen LogP contribution is 2.43. The molecule has 0 radical (unpaired) electrons. The Hall–Kier alpha value is -3.65. The molecule has 9 rings (SSSR count). The molecule has 2 atom stereocenters. The third-order valence-electron chi connectivity index (χ3n) is 11.4. The van der Waals surface area contributed by atoms with Gasteiger partial charge in [-0.25, -0.2) is 4.98 Å². The van der Waals surface area contributed by atoms with Crippen molar-refractivity contribution in [3.8, 4) is 0 Å². The van der Waals surface area contributed by atoms with Crippen LogP contribution in [0.1, 0.15) is 70.5 Å². The Kier molecular flexibility index (Phi) is 12.2. The lowest BCUT2D eigenvalue weighted by atomic mass is 9.84. The molecular formula is C43H48BBrCl2N8O. The molecule has 0 spiro atoms. The Balaban J connectivity index is 0.000000173. The summed E-state index contributed by atoms with van der Waals surface area (Å²) in [4.78, 5) is 21.1. The van der Waals surface area contributed by atoms with E-state index >= 15 is 0 Å². The van der Waals surface area contributed by atoms with Gasteiger partial charge in [0, 0.05) is 99.6 Å². The summed E-state index contributed by atoms with van der Waals surface area (Å²) in [6.45, 7) is 12.2.